The van der Waals surface area contributed by atoms with E-state index in [4.69, 9.17) is 9.47 Å². The van der Waals surface area contributed by atoms with Gasteiger partial charge in [0.15, 0.2) is 5.78 Å². The van der Waals surface area contributed by atoms with E-state index in [1.807, 2.05) is 81.4 Å². The summed E-state index contributed by atoms with van der Waals surface area (Å²) in [6.45, 7) is 5.48. The minimum Gasteiger partial charge on any atom is -0.459 e. The van der Waals surface area contributed by atoms with Crippen molar-refractivity contribution in [3.05, 3.63) is 93.5 Å². The van der Waals surface area contributed by atoms with Gasteiger partial charge in [0.25, 0.3) is 0 Å². The number of hydrogen-bond donors (Lipinski definition) is 0. The maximum atomic E-state index is 14.1. The van der Waals surface area contributed by atoms with E-state index in [-0.39, 0.29) is 12.2 Å². The highest BCUT2D eigenvalue weighted by Gasteiger charge is 2.60. The van der Waals surface area contributed by atoms with Crippen molar-refractivity contribution >= 4 is 27.7 Å². The van der Waals surface area contributed by atoms with Gasteiger partial charge in [-0.2, -0.15) is 0 Å². The molecule has 1 heterocycles. The van der Waals surface area contributed by atoms with Crippen LogP contribution in [0.5, 0.6) is 11.5 Å². The molecule has 0 saturated heterocycles. The van der Waals surface area contributed by atoms with Crippen LogP contribution in [0.1, 0.15) is 53.7 Å². The number of halogens is 1. The number of rotatable bonds is 2. The van der Waals surface area contributed by atoms with E-state index < -0.39 is 22.9 Å². The number of fused-ring (bicyclic) bond motifs is 3. The molecule has 0 amide bonds. The Morgan fingerprint density at radius 3 is 2.19 bits per heavy atom. The molecular formula is C27H23BrO4. The van der Waals surface area contributed by atoms with Gasteiger partial charge in [-0.05, 0) is 63.1 Å². The Morgan fingerprint density at radius 2 is 1.59 bits per heavy atom. The number of Topliss-reactive ketones (excluding diaryl/α,β-unsaturated/α-hetero) is 1. The number of para-hydroxylation sites is 2. The first-order valence-electron chi connectivity index (χ1n) is 10.6. The smallest absolute Gasteiger partial charge is 0.321 e. The maximum absolute atomic E-state index is 14.1. The first-order chi connectivity index (χ1) is 15.2. The molecule has 4 nitrogen and oxygen atoms in total. The van der Waals surface area contributed by atoms with Gasteiger partial charge in [-0.25, -0.2) is 0 Å². The van der Waals surface area contributed by atoms with Gasteiger partial charge >= 0.3 is 5.97 Å². The summed E-state index contributed by atoms with van der Waals surface area (Å²) >= 11 is 3.51. The second-order valence-electron chi connectivity index (χ2n) is 9.39. The molecule has 1 atom stereocenters. The summed E-state index contributed by atoms with van der Waals surface area (Å²) in [7, 11) is 0. The average molecular weight is 491 g/mol. The molecule has 0 unspecified atom stereocenters. The largest absolute Gasteiger partial charge is 0.459 e. The fourth-order valence-electron chi connectivity index (χ4n) is 4.88. The average Bonchev–Trinajstić information content (AvgIpc) is 3.03. The van der Waals surface area contributed by atoms with Gasteiger partial charge in [0.1, 0.15) is 22.5 Å². The summed E-state index contributed by atoms with van der Waals surface area (Å²) in [5.41, 5.74) is 0.891. The lowest BCUT2D eigenvalue weighted by atomic mass is 9.65. The van der Waals surface area contributed by atoms with Crippen LogP contribution in [0.15, 0.2) is 71.2 Å². The van der Waals surface area contributed by atoms with Crippen LogP contribution in [0.25, 0.3) is 0 Å². The molecule has 1 aliphatic carbocycles. The van der Waals surface area contributed by atoms with Crippen molar-refractivity contribution in [1.82, 2.24) is 0 Å². The van der Waals surface area contributed by atoms with Crippen molar-refractivity contribution in [2.75, 3.05) is 0 Å². The molecule has 5 heteroatoms. The second kappa shape index (κ2) is 7.31. The molecular weight excluding hydrogens is 468 g/mol. The molecule has 2 aliphatic rings. The van der Waals surface area contributed by atoms with E-state index in [1.54, 1.807) is 6.07 Å². The number of benzene rings is 3. The molecule has 0 spiro atoms. The van der Waals surface area contributed by atoms with Crippen LogP contribution in [0, 0.1) is 5.41 Å². The summed E-state index contributed by atoms with van der Waals surface area (Å²) in [5.74, 6) is 0.0786. The minimum atomic E-state index is -1.42. The number of carbonyl (C=O) groups excluding carboxylic acids is 2. The van der Waals surface area contributed by atoms with Crippen molar-refractivity contribution in [2.45, 2.75) is 38.7 Å². The number of esters is 1. The first kappa shape index (κ1) is 21.0. The fourth-order valence-corrected chi connectivity index (χ4v) is 5.29. The summed E-state index contributed by atoms with van der Waals surface area (Å²) in [6, 6.07) is 20.8. The highest BCUT2D eigenvalue weighted by Crippen LogP contribution is 2.57. The highest BCUT2D eigenvalue weighted by atomic mass is 79.9. The van der Waals surface area contributed by atoms with E-state index in [2.05, 4.69) is 15.9 Å². The van der Waals surface area contributed by atoms with Gasteiger partial charge in [-0.15, -0.1) is 0 Å². The van der Waals surface area contributed by atoms with Crippen LogP contribution in [0.3, 0.4) is 0 Å². The van der Waals surface area contributed by atoms with E-state index in [0.29, 0.717) is 17.1 Å². The molecule has 5 rings (SSSR count). The van der Waals surface area contributed by atoms with Crippen LogP contribution in [0.4, 0.5) is 0 Å². The van der Waals surface area contributed by atoms with Crippen molar-refractivity contribution in [2.24, 2.45) is 5.41 Å². The summed E-state index contributed by atoms with van der Waals surface area (Å²) < 4.78 is 13.0. The number of ketones is 1. The quantitative estimate of drug-likeness (QED) is 0.305. The third kappa shape index (κ3) is 3.18. The Kier molecular flexibility index (Phi) is 4.79. The normalized spacial score (nSPS) is 19.6. The van der Waals surface area contributed by atoms with E-state index >= 15 is 0 Å². The molecule has 32 heavy (non-hydrogen) atoms. The zero-order valence-electron chi connectivity index (χ0n) is 18.1. The van der Waals surface area contributed by atoms with Crippen molar-refractivity contribution in [3.63, 3.8) is 0 Å². The van der Waals surface area contributed by atoms with E-state index in [1.165, 1.54) is 0 Å². The Hall–Kier alpha value is -2.92. The molecule has 162 valence electrons. The monoisotopic (exact) mass is 490 g/mol. The van der Waals surface area contributed by atoms with E-state index in [9.17, 15) is 9.59 Å². The van der Waals surface area contributed by atoms with Gasteiger partial charge in [-0.1, -0.05) is 52.3 Å². The second-order valence-corrected chi connectivity index (χ2v) is 10.3. The van der Waals surface area contributed by atoms with Gasteiger partial charge in [-0.3, -0.25) is 9.59 Å². The molecule has 0 radical (unpaired) electrons. The van der Waals surface area contributed by atoms with Gasteiger partial charge in [0.2, 0.25) is 0 Å². The SMILES string of the molecule is CC(C)(C)OC(=O)[C@@]1(C2c3ccccc3Oc3ccccc32)Cc2cc(Br)ccc2C1=O. The molecule has 3 aromatic carbocycles. The molecule has 1 aliphatic heterocycles. The number of ether oxygens (including phenoxy) is 2. The molecule has 0 fully saturated rings. The third-order valence-electron chi connectivity index (χ3n) is 6.12. The lowest BCUT2D eigenvalue weighted by Gasteiger charge is -2.39. The summed E-state index contributed by atoms with van der Waals surface area (Å²) in [4.78, 5) is 28.1. The van der Waals surface area contributed by atoms with Gasteiger partial charge in [0, 0.05) is 27.1 Å². The molecule has 0 aromatic heterocycles. The Labute approximate surface area is 195 Å². The van der Waals surface area contributed by atoms with Crippen molar-refractivity contribution < 1.29 is 19.1 Å². The maximum Gasteiger partial charge on any atom is 0.321 e. The zero-order chi connectivity index (χ0) is 22.7. The van der Waals surface area contributed by atoms with Crippen molar-refractivity contribution in [1.29, 1.82) is 0 Å². The minimum absolute atomic E-state index is 0.203. The Bertz CT molecular complexity index is 1210. The van der Waals surface area contributed by atoms with Crippen molar-refractivity contribution in [3.8, 4) is 11.5 Å². The predicted octanol–water partition coefficient (Wildman–Crippen LogP) is 6.45. The lowest BCUT2D eigenvalue weighted by molar-refractivity contribution is -0.165. The number of carbonyl (C=O) groups is 2. The van der Waals surface area contributed by atoms with Crippen LogP contribution in [0.2, 0.25) is 0 Å². The molecule has 0 N–H and O–H groups in total. The van der Waals surface area contributed by atoms with Crippen LogP contribution in [-0.2, 0) is 16.0 Å². The Balaban J connectivity index is 1.79. The van der Waals surface area contributed by atoms with Crippen LogP contribution >= 0.6 is 15.9 Å². The number of hydrogen-bond acceptors (Lipinski definition) is 4. The summed E-state index contributed by atoms with van der Waals surface area (Å²) in [6.07, 6.45) is 0.267. The highest BCUT2D eigenvalue weighted by molar-refractivity contribution is 9.10. The first-order valence-corrected chi connectivity index (χ1v) is 11.4. The summed E-state index contributed by atoms with van der Waals surface area (Å²) in [5, 5.41) is 0. The molecule has 0 saturated carbocycles. The topological polar surface area (TPSA) is 52.6 Å². The van der Waals surface area contributed by atoms with Crippen LogP contribution < -0.4 is 4.74 Å². The van der Waals surface area contributed by atoms with Crippen LogP contribution in [-0.4, -0.2) is 17.4 Å². The lowest BCUT2D eigenvalue weighted by Crippen LogP contribution is -2.47. The predicted molar refractivity (Wildman–Crippen MR) is 125 cm³/mol. The standard InChI is InChI=1S/C27H23BrO4/c1-26(2,3)32-25(30)27(15-16-14-17(28)12-13-18(16)24(27)29)23-19-8-4-6-10-21(19)31-22-11-7-5-9-20(22)23/h4-14,23H,15H2,1-3H3/t27-/m1/s1. The van der Waals surface area contributed by atoms with Gasteiger partial charge in [0.05, 0.1) is 0 Å². The molecule has 3 aromatic rings. The Morgan fingerprint density at radius 1 is 1.00 bits per heavy atom. The fraction of sp³-hybridized carbons (Fsp3) is 0.259. The van der Waals surface area contributed by atoms with E-state index in [0.717, 1.165) is 21.2 Å². The third-order valence-corrected chi connectivity index (χ3v) is 6.62. The zero-order valence-corrected chi connectivity index (χ0v) is 19.7. The van der Waals surface area contributed by atoms with Gasteiger partial charge < -0.3 is 9.47 Å². The molecule has 0 bridgehead atoms.